The van der Waals surface area contributed by atoms with Gasteiger partial charge in [0.1, 0.15) is 5.82 Å². The Hall–Kier alpha value is -1.42. The normalized spacial score (nSPS) is 11.4. The first-order valence-electron chi connectivity index (χ1n) is 5.79. The van der Waals surface area contributed by atoms with Gasteiger partial charge < -0.3 is 11.1 Å². The van der Waals surface area contributed by atoms with Crippen molar-refractivity contribution in [1.29, 1.82) is 0 Å². The molecule has 0 saturated heterocycles. The maximum absolute atomic E-state index is 13.6. The molecule has 0 unspecified atom stereocenters. The van der Waals surface area contributed by atoms with E-state index >= 15 is 0 Å². The number of hydrogen-bond acceptors (Lipinski definition) is 2. The number of hydrogen-bond donors (Lipinski definition) is 2. The van der Waals surface area contributed by atoms with Crippen molar-refractivity contribution in [2.45, 2.75) is 39.2 Å². The first-order chi connectivity index (χ1) is 7.92. The summed E-state index contributed by atoms with van der Waals surface area (Å²) in [5.74, 6) is -0.779. The molecule has 1 amide bonds. The molecule has 0 heterocycles. The number of carbonyl (C=O) groups is 1. The lowest BCUT2D eigenvalue weighted by Gasteiger charge is -2.25. The van der Waals surface area contributed by atoms with E-state index in [4.69, 9.17) is 5.73 Å². The van der Waals surface area contributed by atoms with Crippen molar-refractivity contribution >= 4 is 11.6 Å². The molecule has 0 fully saturated rings. The van der Waals surface area contributed by atoms with Crippen molar-refractivity contribution in [3.05, 3.63) is 29.6 Å². The third kappa shape index (κ3) is 3.03. The highest BCUT2D eigenvalue weighted by atomic mass is 19.1. The van der Waals surface area contributed by atoms with Gasteiger partial charge in [-0.2, -0.15) is 0 Å². The molecular formula is C13H19FN2O. The van der Waals surface area contributed by atoms with Crippen molar-refractivity contribution in [3.8, 4) is 0 Å². The molecule has 0 radical (unpaired) electrons. The van der Waals surface area contributed by atoms with Crippen molar-refractivity contribution < 1.29 is 9.18 Å². The average Bonchev–Trinajstić information content (AvgIpc) is 2.31. The van der Waals surface area contributed by atoms with Gasteiger partial charge in [0.15, 0.2) is 0 Å². The van der Waals surface area contributed by atoms with Crippen LogP contribution in [0.2, 0.25) is 0 Å². The predicted molar refractivity (Wildman–Crippen MR) is 67.3 cm³/mol. The molecule has 0 saturated carbocycles. The van der Waals surface area contributed by atoms with Gasteiger partial charge in [0.25, 0.3) is 0 Å². The fourth-order valence-corrected chi connectivity index (χ4v) is 1.54. The van der Waals surface area contributed by atoms with Crippen LogP contribution in [-0.2, 0) is 4.79 Å². The molecule has 0 aliphatic rings. The number of nitrogens with two attached hydrogens (primary N) is 1. The first kappa shape index (κ1) is 13.6. The minimum absolute atomic E-state index is 0.178. The number of anilines is 1. The Morgan fingerprint density at radius 2 is 2.00 bits per heavy atom. The van der Waals surface area contributed by atoms with Crippen LogP contribution in [-0.4, -0.2) is 11.4 Å². The van der Waals surface area contributed by atoms with Crippen molar-refractivity contribution in [1.82, 2.24) is 0 Å². The largest absolute Gasteiger partial charge is 0.322 e. The van der Waals surface area contributed by atoms with Gasteiger partial charge >= 0.3 is 0 Å². The fourth-order valence-electron chi connectivity index (χ4n) is 1.54. The van der Waals surface area contributed by atoms with Gasteiger partial charge in [-0.25, -0.2) is 4.39 Å². The van der Waals surface area contributed by atoms with Gasteiger partial charge in [0.2, 0.25) is 5.91 Å². The van der Waals surface area contributed by atoms with Gasteiger partial charge in [0, 0.05) is 0 Å². The molecule has 0 aromatic heterocycles. The lowest BCUT2D eigenvalue weighted by Crippen LogP contribution is -2.50. The molecule has 1 rings (SSSR count). The van der Waals surface area contributed by atoms with E-state index in [1.807, 2.05) is 13.8 Å². The van der Waals surface area contributed by atoms with E-state index < -0.39 is 11.4 Å². The minimum Gasteiger partial charge on any atom is -0.322 e. The number of nitrogens with one attached hydrogen (secondary N) is 1. The monoisotopic (exact) mass is 238 g/mol. The summed E-state index contributed by atoms with van der Waals surface area (Å²) in [4.78, 5) is 11.9. The van der Waals surface area contributed by atoms with E-state index in [-0.39, 0.29) is 11.6 Å². The highest BCUT2D eigenvalue weighted by molar-refractivity contribution is 5.97. The second kappa shape index (κ2) is 5.27. The standard InChI is InChI=1S/C13H19FN2O/c1-4-13(15,5-2)12(17)16-11-7-6-9(3)8-10(11)14/h6-8H,4-5,15H2,1-3H3,(H,16,17). The van der Waals surface area contributed by atoms with E-state index in [1.54, 1.807) is 19.1 Å². The third-order valence-corrected chi connectivity index (χ3v) is 3.09. The second-order valence-electron chi connectivity index (χ2n) is 4.30. The van der Waals surface area contributed by atoms with E-state index in [2.05, 4.69) is 5.32 Å². The Balaban J connectivity index is 2.88. The quantitative estimate of drug-likeness (QED) is 0.847. The van der Waals surface area contributed by atoms with Crippen LogP contribution in [0.5, 0.6) is 0 Å². The van der Waals surface area contributed by atoms with Crippen LogP contribution in [0.1, 0.15) is 32.3 Å². The van der Waals surface area contributed by atoms with Gasteiger partial charge in [-0.15, -0.1) is 0 Å². The molecule has 1 aromatic carbocycles. The van der Waals surface area contributed by atoms with Gasteiger partial charge in [0.05, 0.1) is 11.2 Å². The molecule has 17 heavy (non-hydrogen) atoms. The summed E-state index contributed by atoms with van der Waals surface area (Å²) >= 11 is 0. The van der Waals surface area contributed by atoms with Crippen molar-refractivity contribution in [2.24, 2.45) is 5.73 Å². The zero-order valence-electron chi connectivity index (χ0n) is 10.5. The van der Waals surface area contributed by atoms with Gasteiger partial charge in [-0.1, -0.05) is 19.9 Å². The molecule has 0 atom stereocenters. The topological polar surface area (TPSA) is 55.1 Å². The molecule has 94 valence electrons. The number of aryl methyl sites for hydroxylation is 1. The summed E-state index contributed by atoms with van der Waals surface area (Å²) in [6.45, 7) is 5.48. The smallest absolute Gasteiger partial charge is 0.244 e. The zero-order chi connectivity index (χ0) is 13.1. The highest BCUT2D eigenvalue weighted by Gasteiger charge is 2.30. The molecular weight excluding hydrogens is 219 g/mol. The zero-order valence-corrected chi connectivity index (χ0v) is 10.5. The predicted octanol–water partition coefficient (Wildman–Crippen LogP) is 2.59. The van der Waals surface area contributed by atoms with E-state index in [0.717, 1.165) is 5.56 Å². The summed E-state index contributed by atoms with van der Waals surface area (Å²) in [6, 6.07) is 4.68. The van der Waals surface area contributed by atoms with Crippen LogP contribution in [0.4, 0.5) is 10.1 Å². The molecule has 0 aliphatic heterocycles. The maximum atomic E-state index is 13.6. The van der Waals surface area contributed by atoms with E-state index in [0.29, 0.717) is 12.8 Å². The number of carbonyl (C=O) groups excluding carboxylic acids is 1. The van der Waals surface area contributed by atoms with E-state index in [9.17, 15) is 9.18 Å². The molecule has 0 spiro atoms. The summed E-state index contributed by atoms with van der Waals surface area (Å²) < 4.78 is 13.6. The molecule has 0 aliphatic carbocycles. The van der Waals surface area contributed by atoms with Gasteiger partial charge in [-0.05, 0) is 37.5 Å². The summed E-state index contributed by atoms with van der Waals surface area (Å²) in [7, 11) is 0. The Labute approximate surface area is 101 Å². The Bertz CT molecular complexity index is 414. The number of amides is 1. The number of benzene rings is 1. The van der Waals surface area contributed by atoms with Crippen LogP contribution in [0.15, 0.2) is 18.2 Å². The first-order valence-corrected chi connectivity index (χ1v) is 5.79. The van der Waals surface area contributed by atoms with Gasteiger partial charge in [-0.3, -0.25) is 4.79 Å². The van der Waals surface area contributed by atoms with Crippen LogP contribution in [0.25, 0.3) is 0 Å². The van der Waals surface area contributed by atoms with Crippen LogP contribution in [0.3, 0.4) is 0 Å². The fraction of sp³-hybridized carbons (Fsp3) is 0.462. The van der Waals surface area contributed by atoms with Crippen molar-refractivity contribution in [2.75, 3.05) is 5.32 Å². The number of rotatable bonds is 4. The Morgan fingerprint density at radius 1 is 1.41 bits per heavy atom. The molecule has 4 heteroatoms. The second-order valence-corrected chi connectivity index (χ2v) is 4.30. The Kier molecular flexibility index (Phi) is 4.23. The molecule has 3 nitrogen and oxygen atoms in total. The SMILES string of the molecule is CCC(N)(CC)C(=O)Nc1ccc(C)cc1F. The van der Waals surface area contributed by atoms with Crippen LogP contribution >= 0.6 is 0 Å². The minimum atomic E-state index is -0.933. The lowest BCUT2D eigenvalue weighted by molar-refractivity contribution is -0.121. The third-order valence-electron chi connectivity index (χ3n) is 3.09. The summed E-state index contributed by atoms with van der Waals surface area (Å²) in [6.07, 6.45) is 1.03. The molecule has 3 N–H and O–H groups in total. The highest BCUT2D eigenvalue weighted by Crippen LogP contribution is 2.19. The summed E-state index contributed by atoms with van der Waals surface area (Å²) in [5, 5.41) is 2.54. The van der Waals surface area contributed by atoms with Crippen molar-refractivity contribution in [3.63, 3.8) is 0 Å². The molecule has 0 bridgehead atoms. The Morgan fingerprint density at radius 3 is 2.47 bits per heavy atom. The van der Waals surface area contributed by atoms with E-state index in [1.165, 1.54) is 6.07 Å². The summed E-state index contributed by atoms with van der Waals surface area (Å²) in [5.41, 5.74) is 5.99. The maximum Gasteiger partial charge on any atom is 0.244 e. The van der Waals surface area contributed by atoms with Crippen LogP contribution < -0.4 is 11.1 Å². The number of halogens is 1. The van der Waals surface area contributed by atoms with Crippen LogP contribution in [0, 0.1) is 12.7 Å². The average molecular weight is 238 g/mol. The molecule has 1 aromatic rings. The lowest BCUT2D eigenvalue weighted by atomic mass is 9.93.